The number of piperidine rings is 1. The predicted octanol–water partition coefficient (Wildman–Crippen LogP) is 1.17. The molecular formula is C27H25F2N9O4. The number of carbonyl (C=O) groups excluding carboxylic acids is 2. The number of anilines is 2. The van der Waals surface area contributed by atoms with Crippen molar-refractivity contribution in [2.45, 2.75) is 37.8 Å². The van der Waals surface area contributed by atoms with Crippen LogP contribution in [0, 0.1) is 11.8 Å². The lowest BCUT2D eigenvalue weighted by Gasteiger charge is -2.20. The van der Waals surface area contributed by atoms with Gasteiger partial charge in [-0.15, -0.1) is 0 Å². The molecule has 13 nitrogen and oxygen atoms in total. The molecule has 1 N–H and O–H groups in total. The van der Waals surface area contributed by atoms with E-state index in [-0.39, 0.29) is 42.4 Å². The van der Waals surface area contributed by atoms with Gasteiger partial charge >= 0.3 is 5.69 Å². The minimum atomic E-state index is -2.57. The van der Waals surface area contributed by atoms with E-state index in [1.807, 2.05) is 0 Å². The molecule has 216 valence electrons. The van der Waals surface area contributed by atoms with Gasteiger partial charge in [-0.1, -0.05) is 6.07 Å². The van der Waals surface area contributed by atoms with E-state index < -0.39 is 40.5 Å². The van der Waals surface area contributed by atoms with E-state index in [0.717, 1.165) is 4.57 Å². The van der Waals surface area contributed by atoms with Crippen molar-refractivity contribution in [2.24, 2.45) is 18.9 Å². The third kappa shape index (κ3) is 3.86. The van der Waals surface area contributed by atoms with Crippen molar-refractivity contribution in [1.82, 2.24) is 33.6 Å². The van der Waals surface area contributed by atoms with Gasteiger partial charge in [0.05, 0.1) is 42.8 Å². The first-order valence-corrected chi connectivity index (χ1v) is 13.4. The van der Waals surface area contributed by atoms with Crippen LogP contribution in [-0.4, -0.2) is 64.3 Å². The number of ketones is 1. The molecule has 5 heterocycles. The zero-order valence-electron chi connectivity index (χ0n) is 22.6. The van der Waals surface area contributed by atoms with Crippen molar-refractivity contribution in [1.29, 1.82) is 0 Å². The van der Waals surface area contributed by atoms with E-state index in [2.05, 4.69) is 25.3 Å². The summed E-state index contributed by atoms with van der Waals surface area (Å²) in [7, 11) is 1.45. The van der Waals surface area contributed by atoms with Crippen molar-refractivity contribution >= 4 is 34.5 Å². The van der Waals surface area contributed by atoms with Gasteiger partial charge in [0, 0.05) is 20.1 Å². The molecule has 2 unspecified atom stereocenters. The number of halogens is 2. The maximum absolute atomic E-state index is 13.6. The second-order valence-corrected chi connectivity index (χ2v) is 11.2. The van der Waals surface area contributed by atoms with Crippen molar-refractivity contribution in [2.75, 3.05) is 23.3 Å². The molecule has 7 rings (SSSR count). The van der Waals surface area contributed by atoms with Gasteiger partial charge < -0.3 is 14.8 Å². The number of pyridine rings is 1. The van der Waals surface area contributed by atoms with Gasteiger partial charge in [0.15, 0.2) is 11.2 Å². The maximum atomic E-state index is 13.6. The summed E-state index contributed by atoms with van der Waals surface area (Å²) in [6.07, 6.45) is 5.26. The summed E-state index contributed by atoms with van der Waals surface area (Å²) in [5, 5.41) is 2.82. The van der Waals surface area contributed by atoms with Gasteiger partial charge in [0.1, 0.15) is 28.7 Å². The van der Waals surface area contributed by atoms with Crippen molar-refractivity contribution in [3.63, 3.8) is 0 Å². The number of imidazole rings is 1. The van der Waals surface area contributed by atoms with Crippen LogP contribution in [0.3, 0.4) is 0 Å². The van der Waals surface area contributed by atoms with Crippen LogP contribution in [0.4, 0.5) is 20.4 Å². The Hall–Kier alpha value is -4.82. The topological polar surface area (TPSA) is 150 Å². The van der Waals surface area contributed by atoms with E-state index in [9.17, 15) is 28.0 Å². The molecule has 2 saturated carbocycles. The minimum absolute atomic E-state index is 0.0575. The molecule has 4 aromatic rings. The van der Waals surface area contributed by atoms with Crippen molar-refractivity contribution in [3.05, 3.63) is 57.8 Å². The largest absolute Gasteiger partial charge is 0.354 e. The van der Waals surface area contributed by atoms with E-state index >= 15 is 0 Å². The maximum Gasteiger partial charge on any atom is 0.332 e. The predicted molar refractivity (Wildman–Crippen MR) is 145 cm³/mol. The second kappa shape index (κ2) is 8.84. The smallest absolute Gasteiger partial charge is 0.332 e. The highest BCUT2D eigenvalue weighted by molar-refractivity contribution is 5.99. The summed E-state index contributed by atoms with van der Waals surface area (Å²) in [4.78, 5) is 70.6. The summed E-state index contributed by atoms with van der Waals surface area (Å²) >= 11 is 0. The highest BCUT2D eigenvalue weighted by Crippen LogP contribution is 2.59. The molecule has 1 saturated heterocycles. The van der Waals surface area contributed by atoms with Crippen LogP contribution in [-0.2, 0) is 28.7 Å². The minimum Gasteiger partial charge on any atom is -0.354 e. The Morgan fingerprint density at radius 1 is 1.05 bits per heavy atom. The number of rotatable bonds is 7. The molecule has 1 amide bonds. The Bertz CT molecular complexity index is 1900. The average Bonchev–Trinajstić information content (AvgIpc) is 3.66. The summed E-state index contributed by atoms with van der Waals surface area (Å²) in [6, 6.07) is 5.02. The molecule has 0 spiro atoms. The van der Waals surface area contributed by atoms with Crippen LogP contribution < -0.4 is 21.5 Å². The van der Waals surface area contributed by atoms with Gasteiger partial charge in [0.2, 0.25) is 0 Å². The Morgan fingerprint density at radius 2 is 1.79 bits per heavy atom. The number of Topliss-reactive ketones (excluding diaryl/α,β-unsaturated/α-hetero) is 1. The third-order valence-electron chi connectivity index (χ3n) is 8.43. The van der Waals surface area contributed by atoms with E-state index in [4.69, 9.17) is 0 Å². The molecule has 1 aliphatic heterocycles. The van der Waals surface area contributed by atoms with Crippen LogP contribution in [0.5, 0.6) is 0 Å². The quantitative estimate of drug-likeness (QED) is 0.341. The first-order valence-electron chi connectivity index (χ1n) is 13.4. The van der Waals surface area contributed by atoms with E-state index in [0.29, 0.717) is 30.0 Å². The molecule has 2 atom stereocenters. The molecule has 0 radical (unpaired) electrons. The van der Waals surface area contributed by atoms with Crippen LogP contribution in [0.2, 0.25) is 0 Å². The summed E-state index contributed by atoms with van der Waals surface area (Å²) in [6.45, 7) is 1.39. The standard InChI is InChI=1S/C27H25F2N9O4/c1-14(39)10-37-23(40)21-22(35(2)25(37)42)32-13-38(21)26(6-7-26)24(41)34-19-5-3-4-17(33-19)18-8-31-20(9-30-18)36-11-15-16(12-36)27(15,28)29/h3-5,8-9,13,15-16H,6-7,10-12H2,1-2H3,(H,33,34,41). The molecule has 3 aliphatic rings. The fourth-order valence-electron chi connectivity index (χ4n) is 5.84. The van der Waals surface area contributed by atoms with E-state index in [1.54, 1.807) is 23.1 Å². The Labute approximate surface area is 235 Å². The number of aromatic nitrogens is 7. The highest BCUT2D eigenvalue weighted by atomic mass is 19.3. The van der Waals surface area contributed by atoms with Crippen molar-refractivity contribution < 1.29 is 18.4 Å². The summed E-state index contributed by atoms with van der Waals surface area (Å²) < 4.78 is 30.6. The van der Waals surface area contributed by atoms with Gasteiger partial charge in [-0.05, 0) is 31.9 Å². The molecule has 3 fully saturated rings. The number of aryl methyl sites for hydroxylation is 1. The molecule has 4 aromatic heterocycles. The van der Waals surface area contributed by atoms with Gasteiger partial charge in [-0.2, -0.15) is 0 Å². The molecule has 0 bridgehead atoms. The summed E-state index contributed by atoms with van der Waals surface area (Å²) in [5.41, 5.74) is -1.42. The fraction of sp³-hybridized carbons (Fsp3) is 0.407. The van der Waals surface area contributed by atoms with E-state index in [1.165, 1.54) is 41.8 Å². The number of nitrogens with zero attached hydrogens (tertiary/aromatic N) is 8. The Balaban J connectivity index is 1.13. The molecule has 42 heavy (non-hydrogen) atoms. The number of fused-ring (bicyclic) bond motifs is 2. The lowest BCUT2D eigenvalue weighted by Crippen LogP contribution is -2.42. The normalized spacial score (nSPS) is 21.3. The number of nitrogens with one attached hydrogen (secondary N) is 1. The zero-order chi connectivity index (χ0) is 29.6. The average molecular weight is 578 g/mol. The number of hydrogen-bond donors (Lipinski definition) is 1. The summed E-state index contributed by atoms with van der Waals surface area (Å²) in [5.74, 6) is -3.81. The number of carbonyl (C=O) groups is 2. The fourth-order valence-corrected chi connectivity index (χ4v) is 5.84. The number of hydrogen-bond acceptors (Lipinski definition) is 9. The molecule has 2 aliphatic carbocycles. The number of amides is 1. The van der Waals surface area contributed by atoms with Gasteiger partial charge in [-0.3, -0.25) is 23.5 Å². The molecule has 15 heteroatoms. The monoisotopic (exact) mass is 577 g/mol. The first-order chi connectivity index (χ1) is 20.0. The van der Waals surface area contributed by atoms with Gasteiger partial charge in [0.25, 0.3) is 17.4 Å². The van der Waals surface area contributed by atoms with Crippen LogP contribution in [0.25, 0.3) is 22.6 Å². The van der Waals surface area contributed by atoms with Crippen molar-refractivity contribution in [3.8, 4) is 11.4 Å². The van der Waals surface area contributed by atoms with Crippen LogP contribution in [0.15, 0.2) is 46.5 Å². The molecular weight excluding hydrogens is 552 g/mol. The third-order valence-corrected chi connectivity index (χ3v) is 8.43. The molecule has 0 aromatic carbocycles. The van der Waals surface area contributed by atoms with Gasteiger partial charge in [-0.25, -0.2) is 33.5 Å². The Morgan fingerprint density at radius 3 is 2.43 bits per heavy atom. The zero-order valence-corrected chi connectivity index (χ0v) is 22.6. The Kier molecular flexibility index (Phi) is 5.49. The van der Waals surface area contributed by atoms with Crippen LogP contribution >= 0.6 is 0 Å². The second-order valence-electron chi connectivity index (χ2n) is 11.2. The highest BCUT2D eigenvalue weighted by Gasteiger charge is 2.71. The number of alkyl halides is 2. The first kappa shape index (κ1) is 26.1. The van der Waals surface area contributed by atoms with Crippen LogP contribution in [0.1, 0.15) is 19.8 Å². The lowest BCUT2D eigenvalue weighted by atomic mass is 10.2. The SMILES string of the molecule is CC(=O)Cn1c(=O)c2c(ncn2C2(C(=O)Nc3cccc(-c4cnc(N5CC6C(C5)C6(F)F)cn4)n3)CC2)n(C)c1=O. The lowest BCUT2D eigenvalue weighted by molar-refractivity contribution is -0.120.